The van der Waals surface area contributed by atoms with E-state index in [9.17, 15) is 0 Å². The zero-order valence-corrected chi connectivity index (χ0v) is 13.4. The van der Waals surface area contributed by atoms with Gasteiger partial charge in [-0.25, -0.2) is 0 Å². The van der Waals surface area contributed by atoms with Crippen molar-refractivity contribution in [3.63, 3.8) is 0 Å². The molecule has 1 atom stereocenters. The molecule has 4 heteroatoms. The molecule has 3 heterocycles. The maximum Gasteiger partial charge on any atom is 0.0334 e. The molecular formula is C17H23N3S. The zero-order valence-electron chi connectivity index (χ0n) is 12.6. The van der Waals surface area contributed by atoms with Gasteiger partial charge in [0, 0.05) is 36.9 Å². The lowest BCUT2D eigenvalue weighted by Crippen LogP contribution is -2.30. The van der Waals surface area contributed by atoms with Gasteiger partial charge >= 0.3 is 0 Å². The highest BCUT2D eigenvalue weighted by molar-refractivity contribution is 7.10. The van der Waals surface area contributed by atoms with Crippen LogP contribution in [0.25, 0.3) is 0 Å². The van der Waals surface area contributed by atoms with Crippen LogP contribution in [-0.4, -0.2) is 29.5 Å². The number of aromatic nitrogens is 1. The second-order valence-corrected chi connectivity index (χ2v) is 6.92. The number of nitrogens with one attached hydrogen (secondary N) is 1. The Balaban J connectivity index is 1.69. The van der Waals surface area contributed by atoms with E-state index in [1.54, 1.807) is 0 Å². The molecule has 0 spiro atoms. The molecule has 0 bridgehead atoms. The largest absolute Gasteiger partial charge is 0.316 e. The van der Waals surface area contributed by atoms with E-state index in [1.165, 1.54) is 35.5 Å². The molecule has 3 rings (SSSR count). The fourth-order valence-corrected chi connectivity index (χ4v) is 3.89. The summed E-state index contributed by atoms with van der Waals surface area (Å²) in [7, 11) is 0. The van der Waals surface area contributed by atoms with Crippen LogP contribution < -0.4 is 5.32 Å². The van der Waals surface area contributed by atoms with Gasteiger partial charge in [-0.2, -0.15) is 0 Å². The molecule has 1 N–H and O–H groups in total. The van der Waals surface area contributed by atoms with Crippen LogP contribution in [0.5, 0.6) is 0 Å². The lowest BCUT2D eigenvalue weighted by Gasteiger charge is -2.25. The van der Waals surface area contributed by atoms with E-state index >= 15 is 0 Å². The van der Waals surface area contributed by atoms with Crippen LogP contribution in [0.1, 0.15) is 22.4 Å². The van der Waals surface area contributed by atoms with Crippen LogP contribution >= 0.6 is 11.3 Å². The first-order chi connectivity index (χ1) is 10.3. The molecule has 0 unspecified atom stereocenters. The molecule has 1 aliphatic rings. The van der Waals surface area contributed by atoms with E-state index in [-0.39, 0.29) is 0 Å². The predicted octanol–water partition coefficient (Wildman–Crippen LogP) is 3.06. The Kier molecular flexibility index (Phi) is 5.01. The molecule has 1 saturated heterocycles. The molecule has 0 aromatic carbocycles. The molecule has 112 valence electrons. The van der Waals surface area contributed by atoms with Gasteiger partial charge < -0.3 is 5.32 Å². The minimum absolute atomic E-state index is 0.780. The number of pyridine rings is 1. The molecule has 0 aliphatic carbocycles. The summed E-state index contributed by atoms with van der Waals surface area (Å²) in [5, 5.41) is 5.67. The Morgan fingerprint density at radius 2 is 2.33 bits per heavy atom. The van der Waals surface area contributed by atoms with Crippen molar-refractivity contribution in [2.45, 2.75) is 26.4 Å². The first-order valence-corrected chi connectivity index (χ1v) is 8.54. The second kappa shape index (κ2) is 7.16. The molecule has 2 aromatic heterocycles. The van der Waals surface area contributed by atoms with E-state index < -0.39 is 0 Å². The maximum atomic E-state index is 4.25. The van der Waals surface area contributed by atoms with Gasteiger partial charge in [-0.1, -0.05) is 6.07 Å². The van der Waals surface area contributed by atoms with Crippen molar-refractivity contribution in [2.75, 3.05) is 19.6 Å². The second-order valence-electron chi connectivity index (χ2n) is 5.92. The summed E-state index contributed by atoms with van der Waals surface area (Å²) in [4.78, 5) is 8.32. The zero-order chi connectivity index (χ0) is 14.5. The van der Waals surface area contributed by atoms with Crippen molar-refractivity contribution in [3.8, 4) is 0 Å². The third kappa shape index (κ3) is 4.13. The number of nitrogens with zero attached hydrogens (tertiary/aromatic N) is 2. The van der Waals surface area contributed by atoms with E-state index in [4.69, 9.17) is 0 Å². The lowest BCUT2D eigenvalue weighted by atomic mass is 10.1. The molecule has 3 nitrogen and oxygen atoms in total. The van der Waals surface area contributed by atoms with Gasteiger partial charge in [0.2, 0.25) is 0 Å². The molecule has 1 aliphatic heterocycles. The van der Waals surface area contributed by atoms with Gasteiger partial charge in [0.15, 0.2) is 0 Å². The van der Waals surface area contributed by atoms with Gasteiger partial charge in [0.1, 0.15) is 0 Å². The van der Waals surface area contributed by atoms with Gasteiger partial charge in [0.25, 0.3) is 0 Å². The lowest BCUT2D eigenvalue weighted by molar-refractivity contribution is 0.222. The summed E-state index contributed by atoms with van der Waals surface area (Å²) in [6.45, 7) is 7.75. The number of hydrogen-bond acceptors (Lipinski definition) is 4. The average molecular weight is 301 g/mol. The minimum Gasteiger partial charge on any atom is -0.316 e. The van der Waals surface area contributed by atoms with Crippen molar-refractivity contribution in [3.05, 3.63) is 52.0 Å². The van der Waals surface area contributed by atoms with Crippen LogP contribution in [0.15, 0.2) is 36.0 Å². The highest BCUT2D eigenvalue weighted by Crippen LogP contribution is 2.21. The smallest absolute Gasteiger partial charge is 0.0334 e. The molecule has 2 aromatic rings. The minimum atomic E-state index is 0.780. The Bertz CT molecular complexity index is 546. The summed E-state index contributed by atoms with van der Waals surface area (Å²) in [6, 6.07) is 6.43. The number of aryl methyl sites for hydroxylation is 1. The van der Waals surface area contributed by atoms with Crippen LogP contribution in [0.2, 0.25) is 0 Å². The molecule has 0 saturated carbocycles. The van der Waals surface area contributed by atoms with Crippen molar-refractivity contribution in [2.24, 2.45) is 5.92 Å². The van der Waals surface area contributed by atoms with Crippen LogP contribution in [-0.2, 0) is 13.1 Å². The fourth-order valence-electron chi connectivity index (χ4n) is 2.94. The molecular weight excluding hydrogens is 278 g/mol. The number of thiophene rings is 1. The first-order valence-electron chi connectivity index (χ1n) is 7.66. The summed E-state index contributed by atoms with van der Waals surface area (Å²) >= 11 is 1.87. The van der Waals surface area contributed by atoms with E-state index in [2.05, 4.69) is 39.6 Å². The van der Waals surface area contributed by atoms with Crippen molar-refractivity contribution in [1.82, 2.24) is 15.2 Å². The maximum absolute atomic E-state index is 4.25. The Labute approximate surface area is 131 Å². The van der Waals surface area contributed by atoms with Crippen LogP contribution in [0, 0.1) is 12.8 Å². The quantitative estimate of drug-likeness (QED) is 0.889. The summed E-state index contributed by atoms with van der Waals surface area (Å²) in [5.74, 6) is 0.780. The Hall–Kier alpha value is -1.23. The average Bonchev–Trinajstić information content (AvgIpc) is 3.13. The van der Waals surface area contributed by atoms with Gasteiger partial charge in [-0.3, -0.25) is 9.88 Å². The SMILES string of the molecule is Cc1ccsc1CN(Cc1cccnc1)C[C@@H]1CCNC1. The summed E-state index contributed by atoms with van der Waals surface area (Å²) in [5.41, 5.74) is 2.72. The third-order valence-corrected chi connectivity index (χ3v) is 5.15. The topological polar surface area (TPSA) is 28.2 Å². The standard InChI is InChI=1S/C17H23N3S/c1-14-5-8-21-17(14)13-20(12-16-4-7-19-10-16)11-15-3-2-6-18-9-15/h2-3,5-6,8-9,16,19H,4,7,10-13H2,1H3/t16-/m1/s1. The highest BCUT2D eigenvalue weighted by atomic mass is 32.1. The normalized spacial score (nSPS) is 18.5. The summed E-state index contributed by atoms with van der Waals surface area (Å²) in [6.07, 6.45) is 5.13. The molecule has 1 fully saturated rings. The van der Waals surface area contributed by atoms with Crippen molar-refractivity contribution in [1.29, 1.82) is 0 Å². The Morgan fingerprint density at radius 1 is 1.38 bits per heavy atom. The summed E-state index contributed by atoms with van der Waals surface area (Å²) < 4.78 is 0. The number of hydrogen-bond donors (Lipinski definition) is 1. The van der Waals surface area contributed by atoms with Gasteiger partial charge in [0.05, 0.1) is 0 Å². The van der Waals surface area contributed by atoms with Crippen LogP contribution in [0.4, 0.5) is 0 Å². The fraction of sp³-hybridized carbons (Fsp3) is 0.471. The molecule has 0 amide bonds. The van der Waals surface area contributed by atoms with E-state index in [0.717, 1.165) is 25.6 Å². The van der Waals surface area contributed by atoms with E-state index in [1.807, 2.05) is 29.8 Å². The Morgan fingerprint density at radius 3 is 3.00 bits per heavy atom. The molecule has 0 radical (unpaired) electrons. The van der Waals surface area contributed by atoms with Crippen molar-refractivity contribution >= 4 is 11.3 Å². The first kappa shape index (κ1) is 14.7. The third-order valence-electron chi connectivity index (χ3n) is 4.14. The molecule has 21 heavy (non-hydrogen) atoms. The van der Waals surface area contributed by atoms with Gasteiger partial charge in [-0.15, -0.1) is 11.3 Å². The number of rotatable bonds is 6. The highest BCUT2D eigenvalue weighted by Gasteiger charge is 2.19. The van der Waals surface area contributed by atoms with E-state index in [0.29, 0.717) is 0 Å². The van der Waals surface area contributed by atoms with Crippen molar-refractivity contribution < 1.29 is 0 Å². The monoisotopic (exact) mass is 301 g/mol. The van der Waals surface area contributed by atoms with Crippen LogP contribution in [0.3, 0.4) is 0 Å². The van der Waals surface area contributed by atoms with Gasteiger partial charge in [-0.05, 0) is 61.0 Å². The predicted molar refractivity (Wildman–Crippen MR) is 88.4 cm³/mol.